The summed E-state index contributed by atoms with van der Waals surface area (Å²) in [4.78, 5) is 18.4. The Balaban J connectivity index is 1.92. The first-order chi connectivity index (χ1) is 10.2. The summed E-state index contributed by atoms with van der Waals surface area (Å²) in [5.41, 5.74) is 1.93. The molecule has 112 valence electrons. The van der Waals surface area contributed by atoms with Gasteiger partial charge in [-0.3, -0.25) is 0 Å². The van der Waals surface area contributed by atoms with Gasteiger partial charge in [-0.25, -0.2) is 9.79 Å². The lowest BCUT2D eigenvalue weighted by atomic mass is 10.1. The van der Waals surface area contributed by atoms with E-state index >= 15 is 0 Å². The molecule has 3 rings (SSSR count). The lowest BCUT2D eigenvalue weighted by Gasteiger charge is -2.29. The third-order valence-electron chi connectivity index (χ3n) is 3.84. The molecule has 21 heavy (non-hydrogen) atoms. The molecule has 6 heteroatoms. The van der Waals surface area contributed by atoms with Gasteiger partial charge < -0.3 is 15.0 Å². The fraction of sp³-hybridized carbons (Fsp3) is 0.467. The largest absolute Gasteiger partial charge is 0.412 e. The fourth-order valence-corrected chi connectivity index (χ4v) is 2.93. The summed E-state index contributed by atoms with van der Waals surface area (Å²) in [6.45, 7) is 1.84. The molecule has 2 aliphatic rings. The Morgan fingerprint density at radius 2 is 2.24 bits per heavy atom. The van der Waals surface area contributed by atoms with Crippen LogP contribution in [-0.2, 0) is 6.54 Å². The Hall–Kier alpha value is -1.75. The highest BCUT2D eigenvalue weighted by atomic mass is 35.5. The number of amides is 1. The van der Waals surface area contributed by atoms with E-state index in [1.165, 1.54) is 26.3 Å². The van der Waals surface area contributed by atoms with Gasteiger partial charge in [0.1, 0.15) is 5.84 Å². The van der Waals surface area contributed by atoms with Crippen molar-refractivity contribution in [1.82, 2.24) is 10.2 Å². The molecule has 1 aromatic carbocycles. The lowest BCUT2D eigenvalue weighted by Crippen LogP contribution is -2.32. The minimum Gasteiger partial charge on any atom is -0.409 e. The van der Waals surface area contributed by atoms with Crippen LogP contribution in [0.15, 0.2) is 17.1 Å². The molecular weight excluding hydrogens is 290 g/mol. The first-order valence-electron chi connectivity index (χ1n) is 7.22. The minimum absolute atomic E-state index is 0.378. The number of nitrogens with one attached hydrogen (secondary N) is 1. The summed E-state index contributed by atoms with van der Waals surface area (Å²) in [6, 6.07) is 3.60. The predicted octanol–water partition coefficient (Wildman–Crippen LogP) is 3.48. The van der Waals surface area contributed by atoms with Crippen molar-refractivity contribution in [2.24, 2.45) is 4.99 Å². The van der Waals surface area contributed by atoms with Crippen molar-refractivity contribution >= 4 is 29.2 Å². The molecule has 2 aliphatic heterocycles. The fourth-order valence-electron chi connectivity index (χ4n) is 2.74. The molecular formula is C15H18ClN3O2. The first-order valence-corrected chi connectivity index (χ1v) is 7.59. The Bertz CT molecular complexity index is 601. The second-order valence-electron chi connectivity index (χ2n) is 5.31. The predicted molar refractivity (Wildman–Crippen MR) is 82.5 cm³/mol. The normalized spacial score (nSPS) is 17.2. The van der Waals surface area contributed by atoms with Crippen LogP contribution in [-0.4, -0.2) is 30.4 Å². The van der Waals surface area contributed by atoms with Gasteiger partial charge in [-0.2, -0.15) is 0 Å². The van der Waals surface area contributed by atoms with E-state index in [1.807, 2.05) is 6.07 Å². The number of aliphatic imine (C=N–C) groups is 1. The summed E-state index contributed by atoms with van der Waals surface area (Å²) in [6.07, 6.45) is 4.14. The van der Waals surface area contributed by atoms with Crippen LogP contribution >= 0.6 is 11.6 Å². The average molecular weight is 308 g/mol. The molecule has 0 atom stereocenters. The van der Waals surface area contributed by atoms with Crippen LogP contribution in [0, 0.1) is 0 Å². The number of amidine groups is 1. The summed E-state index contributed by atoms with van der Waals surface area (Å²) in [7, 11) is 1.52. The average Bonchev–Trinajstić information content (AvgIpc) is 2.70. The highest BCUT2D eigenvalue weighted by Crippen LogP contribution is 2.37. The van der Waals surface area contributed by atoms with Crippen molar-refractivity contribution in [3.05, 3.63) is 22.7 Å². The molecule has 5 nitrogen and oxygen atoms in total. The number of rotatable bonds is 1. The zero-order valence-electron chi connectivity index (χ0n) is 12.0. The lowest BCUT2D eigenvalue weighted by molar-refractivity contribution is 0.203. The molecule has 0 aliphatic carbocycles. The van der Waals surface area contributed by atoms with Gasteiger partial charge >= 0.3 is 6.09 Å². The molecule has 0 unspecified atom stereocenters. The molecule has 0 bridgehead atoms. The summed E-state index contributed by atoms with van der Waals surface area (Å²) in [5, 5.41) is 2.82. The van der Waals surface area contributed by atoms with E-state index in [2.05, 4.69) is 10.2 Å². The van der Waals surface area contributed by atoms with Crippen LogP contribution in [0.25, 0.3) is 0 Å². The van der Waals surface area contributed by atoms with Gasteiger partial charge in [0, 0.05) is 32.1 Å². The van der Waals surface area contributed by atoms with Crippen LogP contribution in [0.3, 0.4) is 0 Å². The van der Waals surface area contributed by atoms with E-state index in [-0.39, 0.29) is 0 Å². The van der Waals surface area contributed by atoms with E-state index < -0.39 is 6.09 Å². The smallest absolute Gasteiger partial charge is 0.409 e. The number of benzene rings is 1. The molecule has 1 saturated heterocycles. The van der Waals surface area contributed by atoms with Crippen LogP contribution in [0.5, 0.6) is 5.75 Å². The Morgan fingerprint density at radius 1 is 1.38 bits per heavy atom. The van der Waals surface area contributed by atoms with E-state index in [4.69, 9.17) is 21.3 Å². The molecule has 0 aromatic heterocycles. The van der Waals surface area contributed by atoms with Gasteiger partial charge in [0.2, 0.25) is 0 Å². The molecule has 0 radical (unpaired) electrons. The second kappa shape index (κ2) is 5.93. The maximum Gasteiger partial charge on any atom is 0.412 e. The van der Waals surface area contributed by atoms with Crippen LogP contribution in [0.1, 0.15) is 31.2 Å². The van der Waals surface area contributed by atoms with Crippen molar-refractivity contribution < 1.29 is 9.53 Å². The van der Waals surface area contributed by atoms with Crippen molar-refractivity contribution in [3.8, 4) is 5.75 Å². The quantitative estimate of drug-likeness (QED) is 0.864. The van der Waals surface area contributed by atoms with Gasteiger partial charge in [0.25, 0.3) is 0 Å². The van der Waals surface area contributed by atoms with Crippen molar-refractivity contribution in [3.63, 3.8) is 0 Å². The second-order valence-corrected chi connectivity index (χ2v) is 5.72. The number of carbonyl (C=O) groups is 1. The summed E-state index contributed by atoms with van der Waals surface area (Å²) in [5.74, 6) is 1.53. The Labute approximate surface area is 128 Å². The maximum atomic E-state index is 11.3. The summed E-state index contributed by atoms with van der Waals surface area (Å²) >= 11 is 6.18. The molecule has 0 spiro atoms. The van der Waals surface area contributed by atoms with Gasteiger partial charge in [-0.15, -0.1) is 0 Å². The number of fused-ring (bicyclic) bond motifs is 2. The number of hydrogen-bond acceptors (Lipinski definition) is 4. The van der Waals surface area contributed by atoms with Crippen molar-refractivity contribution in [2.45, 2.75) is 32.2 Å². The molecule has 1 amide bonds. The van der Waals surface area contributed by atoms with E-state index in [9.17, 15) is 4.79 Å². The number of hydrogen-bond donors (Lipinski definition) is 1. The van der Waals surface area contributed by atoms with Crippen molar-refractivity contribution in [1.29, 1.82) is 0 Å². The Kier molecular flexibility index (Phi) is 4.01. The van der Waals surface area contributed by atoms with Gasteiger partial charge in [0.15, 0.2) is 5.75 Å². The zero-order valence-corrected chi connectivity index (χ0v) is 12.7. The molecule has 1 aromatic rings. The number of carbonyl (C=O) groups excluding carboxylic acids is 1. The monoisotopic (exact) mass is 307 g/mol. The molecule has 1 N–H and O–H groups in total. The minimum atomic E-state index is -0.522. The highest BCUT2D eigenvalue weighted by Gasteiger charge is 2.23. The molecule has 1 fully saturated rings. The maximum absolute atomic E-state index is 11.3. The van der Waals surface area contributed by atoms with E-state index in [1.54, 1.807) is 6.07 Å². The van der Waals surface area contributed by atoms with E-state index in [0.29, 0.717) is 10.8 Å². The first kappa shape index (κ1) is 14.2. The highest BCUT2D eigenvalue weighted by molar-refractivity contribution is 6.32. The molecule has 2 heterocycles. The zero-order chi connectivity index (χ0) is 14.8. The number of ether oxygens (including phenoxy) is 1. The Morgan fingerprint density at radius 3 is 3.05 bits per heavy atom. The van der Waals surface area contributed by atoms with Crippen LogP contribution < -0.4 is 10.1 Å². The van der Waals surface area contributed by atoms with Crippen molar-refractivity contribution in [2.75, 3.05) is 13.6 Å². The third kappa shape index (κ3) is 2.97. The third-order valence-corrected chi connectivity index (χ3v) is 4.14. The standard InChI is InChI=1S/C15H18ClN3O2/c1-17-15(20)21-13-7-10-9-19-6-4-2-3-5-14(19)18-12(10)8-11(13)16/h7-8H,2-6,9H2,1H3,(H,17,20). The van der Waals surface area contributed by atoms with Gasteiger partial charge in [-0.05, 0) is 25.0 Å². The molecule has 0 saturated carbocycles. The SMILES string of the molecule is CNC(=O)Oc1cc2c(cc1Cl)N=C1CCCCCN1C2. The number of halogens is 1. The van der Waals surface area contributed by atoms with Gasteiger partial charge in [0.05, 0.1) is 10.7 Å². The topological polar surface area (TPSA) is 53.9 Å². The van der Waals surface area contributed by atoms with Crippen LogP contribution in [0.2, 0.25) is 5.02 Å². The van der Waals surface area contributed by atoms with E-state index in [0.717, 1.165) is 36.6 Å². The summed E-state index contributed by atoms with van der Waals surface area (Å²) < 4.78 is 5.17. The van der Waals surface area contributed by atoms with Gasteiger partial charge in [-0.1, -0.05) is 18.0 Å². The number of nitrogens with zero attached hydrogens (tertiary/aromatic N) is 2. The van der Waals surface area contributed by atoms with Crippen LogP contribution in [0.4, 0.5) is 10.5 Å².